The van der Waals surface area contributed by atoms with Gasteiger partial charge in [-0.3, -0.25) is 4.79 Å². The number of phenolic OH excluding ortho intramolecular Hbond substituents is 1. The maximum Gasteiger partial charge on any atom is 0.303 e. The Bertz CT molecular complexity index is 388. The van der Waals surface area contributed by atoms with E-state index >= 15 is 0 Å². The van der Waals surface area contributed by atoms with Crippen molar-refractivity contribution in [1.82, 2.24) is 0 Å². The molecule has 0 saturated heterocycles. The second kappa shape index (κ2) is 4.53. The first-order valence-electron chi connectivity index (χ1n) is 4.62. The van der Waals surface area contributed by atoms with Gasteiger partial charge in [-0.05, 0) is 36.1 Å². The number of hydrogen-bond acceptors (Lipinski definition) is 2. The Hall–Kier alpha value is -1.22. The number of carboxylic acids is 1. The molecular formula is C11H13ClO3. The number of carbonyl (C=O) groups is 1. The minimum Gasteiger partial charge on any atom is -0.508 e. The van der Waals surface area contributed by atoms with Crippen molar-refractivity contribution < 1.29 is 15.0 Å². The van der Waals surface area contributed by atoms with E-state index in [1.807, 2.05) is 0 Å². The number of hydrogen-bond donors (Lipinski definition) is 2. The van der Waals surface area contributed by atoms with Gasteiger partial charge in [0.2, 0.25) is 0 Å². The third-order valence-corrected chi connectivity index (χ3v) is 2.80. The molecule has 0 aliphatic rings. The average molecular weight is 229 g/mol. The second-order valence-corrected chi connectivity index (χ2v) is 4.04. The predicted molar refractivity (Wildman–Crippen MR) is 58.5 cm³/mol. The van der Waals surface area contributed by atoms with Gasteiger partial charge in [-0.2, -0.15) is 0 Å². The maximum atomic E-state index is 10.6. The number of aliphatic carboxylic acids is 1. The average Bonchev–Trinajstić information content (AvgIpc) is 2.09. The van der Waals surface area contributed by atoms with Crippen molar-refractivity contribution in [2.24, 2.45) is 0 Å². The fraction of sp³-hybridized carbons (Fsp3) is 0.364. The molecule has 4 heteroatoms. The lowest BCUT2D eigenvalue weighted by Gasteiger charge is -2.13. The van der Waals surface area contributed by atoms with Crippen LogP contribution in [0.2, 0.25) is 5.02 Å². The Morgan fingerprint density at radius 2 is 2.13 bits per heavy atom. The Labute approximate surface area is 93.3 Å². The monoisotopic (exact) mass is 228 g/mol. The van der Waals surface area contributed by atoms with Crippen LogP contribution in [0.1, 0.15) is 30.4 Å². The number of phenols is 1. The van der Waals surface area contributed by atoms with Crippen LogP contribution in [0.5, 0.6) is 5.75 Å². The number of rotatable bonds is 3. The molecular weight excluding hydrogens is 216 g/mol. The summed E-state index contributed by atoms with van der Waals surface area (Å²) in [6.07, 6.45) is 0.00259. The van der Waals surface area contributed by atoms with Gasteiger partial charge in [-0.1, -0.05) is 18.5 Å². The molecule has 0 heterocycles. The maximum absolute atomic E-state index is 10.6. The summed E-state index contributed by atoms with van der Waals surface area (Å²) in [4.78, 5) is 10.6. The molecule has 1 atom stereocenters. The van der Waals surface area contributed by atoms with Crippen molar-refractivity contribution in [2.75, 3.05) is 0 Å². The molecule has 82 valence electrons. The van der Waals surface area contributed by atoms with Gasteiger partial charge in [0.15, 0.2) is 0 Å². The highest BCUT2D eigenvalue weighted by Gasteiger charge is 2.15. The van der Waals surface area contributed by atoms with Gasteiger partial charge in [-0.25, -0.2) is 0 Å². The highest BCUT2D eigenvalue weighted by molar-refractivity contribution is 6.32. The predicted octanol–water partition coefficient (Wildman–Crippen LogP) is 2.93. The summed E-state index contributed by atoms with van der Waals surface area (Å²) >= 11 is 6.04. The van der Waals surface area contributed by atoms with E-state index in [1.165, 1.54) is 6.07 Å². The molecule has 1 unspecified atom stereocenters. The fourth-order valence-electron chi connectivity index (χ4n) is 1.51. The topological polar surface area (TPSA) is 57.5 Å². The van der Waals surface area contributed by atoms with E-state index in [9.17, 15) is 9.90 Å². The molecule has 0 amide bonds. The van der Waals surface area contributed by atoms with Gasteiger partial charge < -0.3 is 10.2 Å². The summed E-state index contributed by atoms with van der Waals surface area (Å²) in [5.74, 6) is -0.968. The summed E-state index contributed by atoms with van der Waals surface area (Å²) in [7, 11) is 0. The van der Waals surface area contributed by atoms with Crippen molar-refractivity contribution >= 4 is 17.6 Å². The molecule has 0 fully saturated rings. The van der Waals surface area contributed by atoms with E-state index < -0.39 is 5.97 Å². The van der Waals surface area contributed by atoms with Crippen LogP contribution in [0.4, 0.5) is 0 Å². The molecule has 1 aromatic carbocycles. The molecule has 0 radical (unpaired) electrons. The van der Waals surface area contributed by atoms with Gasteiger partial charge in [-0.15, -0.1) is 0 Å². The number of aryl methyl sites for hydroxylation is 1. The van der Waals surface area contributed by atoms with Crippen LogP contribution in [-0.2, 0) is 4.79 Å². The van der Waals surface area contributed by atoms with Crippen LogP contribution in [-0.4, -0.2) is 16.2 Å². The molecule has 0 bridgehead atoms. The largest absolute Gasteiger partial charge is 0.508 e. The van der Waals surface area contributed by atoms with Crippen LogP contribution >= 0.6 is 11.6 Å². The van der Waals surface area contributed by atoms with E-state index in [0.717, 1.165) is 5.56 Å². The fourth-order valence-corrected chi connectivity index (χ4v) is 1.80. The SMILES string of the molecule is Cc1cc(O)cc(C(C)CC(=O)O)c1Cl. The number of halogens is 1. The summed E-state index contributed by atoms with van der Waals surface area (Å²) < 4.78 is 0. The minimum absolute atomic E-state index is 0.00259. The Morgan fingerprint density at radius 1 is 1.53 bits per heavy atom. The number of aromatic hydroxyl groups is 1. The minimum atomic E-state index is -0.875. The van der Waals surface area contributed by atoms with E-state index in [1.54, 1.807) is 19.9 Å². The van der Waals surface area contributed by atoms with Gasteiger partial charge in [0.05, 0.1) is 6.42 Å². The van der Waals surface area contributed by atoms with E-state index in [-0.39, 0.29) is 18.1 Å². The van der Waals surface area contributed by atoms with Crippen molar-refractivity contribution in [3.8, 4) is 5.75 Å². The normalized spacial score (nSPS) is 12.5. The molecule has 0 aromatic heterocycles. The van der Waals surface area contributed by atoms with Crippen molar-refractivity contribution in [3.63, 3.8) is 0 Å². The lowest BCUT2D eigenvalue weighted by molar-refractivity contribution is -0.137. The van der Waals surface area contributed by atoms with Crippen LogP contribution in [0.15, 0.2) is 12.1 Å². The smallest absolute Gasteiger partial charge is 0.303 e. The quantitative estimate of drug-likeness (QED) is 0.836. The first kappa shape index (κ1) is 11.9. The molecule has 2 N–H and O–H groups in total. The molecule has 15 heavy (non-hydrogen) atoms. The van der Waals surface area contributed by atoms with Gasteiger partial charge >= 0.3 is 5.97 Å². The van der Waals surface area contributed by atoms with Crippen LogP contribution in [0.25, 0.3) is 0 Å². The van der Waals surface area contributed by atoms with E-state index in [4.69, 9.17) is 16.7 Å². The van der Waals surface area contributed by atoms with E-state index in [2.05, 4.69) is 0 Å². The first-order chi connectivity index (χ1) is 6.91. The standard InChI is InChI=1S/C11H13ClO3/c1-6(4-10(14)15)9-5-8(13)3-7(2)11(9)12/h3,5-6,13H,4H2,1-2H3,(H,14,15). The van der Waals surface area contributed by atoms with E-state index in [0.29, 0.717) is 10.6 Å². The third kappa shape index (κ3) is 2.86. The van der Waals surface area contributed by atoms with Gasteiger partial charge in [0, 0.05) is 5.02 Å². The zero-order valence-electron chi connectivity index (χ0n) is 8.62. The second-order valence-electron chi connectivity index (χ2n) is 3.66. The van der Waals surface area contributed by atoms with Crippen LogP contribution in [0.3, 0.4) is 0 Å². The Morgan fingerprint density at radius 3 is 2.67 bits per heavy atom. The summed E-state index contributed by atoms with van der Waals surface area (Å²) in [6, 6.07) is 3.07. The molecule has 1 aromatic rings. The zero-order chi connectivity index (χ0) is 11.6. The molecule has 0 aliphatic heterocycles. The Balaban J connectivity index is 3.07. The van der Waals surface area contributed by atoms with Crippen LogP contribution in [0, 0.1) is 6.92 Å². The number of benzene rings is 1. The zero-order valence-corrected chi connectivity index (χ0v) is 9.38. The van der Waals surface area contributed by atoms with Gasteiger partial charge in [0.1, 0.15) is 5.75 Å². The van der Waals surface area contributed by atoms with Crippen LogP contribution < -0.4 is 0 Å². The molecule has 0 aliphatic carbocycles. The molecule has 1 rings (SSSR count). The van der Waals surface area contributed by atoms with Crippen molar-refractivity contribution in [2.45, 2.75) is 26.2 Å². The molecule has 0 spiro atoms. The highest BCUT2D eigenvalue weighted by Crippen LogP contribution is 2.32. The lowest BCUT2D eigenvalue weighted by atomic mass is 9.96. The summed E-state index contributed by atoms with van der Waals surface area (Å²) in [6.45, 7) is 3.55. The van der Waals surface area contributed by atoms with Crippen molar-refractivity contribution in [1.29, 1.82) is 0 Å². The van der Waals surface area contributed by atoms with Crippen molar-refractivity contribution in [3.05, 3.63) is 28.3 Å². The van der Waals surface area contributed by atoms with Gasteiger partial charge in [0.25, 0.3) is 0 Å². The summed E-state index contributed by atoms with van der Waals surface area (Å²) in [5, 5.41) is 18.6. The summed E-state index contributed by atoms with van der Waals surface area (Å²) in [5.41, 5.74) is 1.43. The highest BCUT2D eigenvalue weighted by atomic mass is 35.5. The molecule has 0 saturated carbocycles. The lowest BCUT2D eigenvalue weighted by Crippen LogP contribution is -2.03. The molecule has 3 nitrogen and oxygen atoms in total. The Kier molecular flexibility index (Phi) is 3.58. The first-order valence-corrected chi connectivity index (χ1v) is 5.00. The number of carboxylic acid groups (broad SMARTS) is 1. The third-order valence-electron chi connectivity index (χ3n) is 2.28.